The number of nitrogen functional groups attached to an aromatic ring is 1. The summed E-state index contributed by atoms with van der Waals surface area (Å²) in [6.45, 7) is 10.1. The van der Waals surface area contributed by atoms with Crippen molar-refractivity contribution in [2.75, 3.05) is 58.8 Å². The highest BCUT2D eigenvalue weighted by Crippen LogP contribution is 2.40. The topological polar surface area (TPSA) is 331 Å². The van der Waals surface area contributed by atoms with Crippen LogP contribution < -0.4 is 58.4 Å². The summed E-state index contributed by atoms with van der Waals surface area (Å²) < 4.78 is 18.0. The van der Waals surface area contributed by atoms with E-state index in [4.69, 9.17) is 37.1 Å². The lowest BCUT2D eigenvalue weighted by Crippen LogP contribution is -2.56. The second kappa shape index (κ2) is 24.0. The monoisotopic (exact) mass is 949 g/mol. The number of anilines is 1. The number of nitrogens with one attached hydrogen (secondary N) is 4. The second-order valence-electron chi connectivity index (χ2n) is 17.6. The van der Waals surface area contributed by atoms with Crippen LogP contribution in [0.15, 0.2) is 54.7 Å². The van der Waals surface area contributed by atoms with Gasteiger partial charge in [-0.3, -0.25) is 24.0 Å². The van der Waals surface area contributed by atoms with Gasteiger partial charge in [-0.2, -0.15) is 5.26 Å². The Labute approximate surface area is 401 Å². The second-order valence-corrected chi connectivity index (χ2v) is 17.6. The van der Waals surface area contributed by atoms with Crippen LogP contribution in [0.5, 0.6) is 17.2 Å². The Hall–Kier alpha value is -7.41. The molecule has 21 nitrogen and oxygen atoms in total. The van der Waals surface area contributed by atoms with Gasteiger partial charge in [0, 0.05) is 37.7 Å². The number of carbonyl (C=O) groups excluding carboxylic acids is 5. The lowest BCUT2D eigenvalue weighted by Gasteiger charge is -2.32. The number of nitrogens with two attached hydrogens (primary N) is 4. The molecule has 4 unspecified atom stereocenters. The molecule has 1 aliphatic heterocycles. The van der Waals surface area contributed by atoms with Crippen molar-refractivity contribution in [3.05, 3.63) is 77.1 Å². The Morgan fingerprint density at radius 1 is 0.913 bits per heavy atom. The van der Waals surface area contributed by atoms with Crippen LogP contribution >= 0.6 is 0 Å². The van der Waals surface area contributed by atoms with Gasteiger partial charge in [-0.25, -0.2) is 15.0 Å². The van der Waals surface area contributed by atoms with Gasteiger partial charge in [-0.1, -0.05) is 32.9 Å². The minimum absolute atomic E-state index is 0.0128. The van der Waals surface area contributed by atoms with E-state index in [9.17, 15) is 29.2 Å². The first-order chi connectivity index (χ1) is 32.9. The standard InChI is InChI=1S/C48H63N13O8/c1-27-39(41(53)60-42(56-27)34-10-9-31(26-55-34)67-20-14-48(3,4)5)45(64)58-35(13-15-49)47(66)61(6)40-30-8-12-38(69-22-18-52)33(25-30)32-23-29(7-11-37(32)68-21-17-51)24-36(44(63)54-19-16-50)59-43(62)28(2)57-46(40)65/h7-12,23,25-26,28,35-36,40H,13-15,17-22,24,49,51-52H2,1-6H3,(H,54,63)(H,57,65)(H,58,64)(H,59,62)(H2,53,56,60). The summed E-state index contributed by atoms with van der Waals surface area (Å²) in [7, 11) is 1.38. The van der Waals surface area contributed by atoms with Crippen LogP contribution in [0.2, 0.25) is 0 Å². The fourth-order valence-corrected chi connectivity index (χ4v) is 7.42. The average Bonchev–Trinajstić information content (AvgIpc) is 3.30. The highest BCUT2D eigenvalue weighted by molar-refractivity contribution is 6.02. The number of aromatic nitrogens is 3. The van der Waals surface area contributed by atoms with Gasteiger partial charge in [0.15, 0.2) is 5.82 Å². The molecule has 0 radical (unpaired) electrons. The summed E-state index contributed by atoms with van der Waals surface area (Å²) >= 11 is 0. The number of ether oxygens (including phenoxy) is 3. The van der Waals surface area contributed by atoms with Crippen LogP contribution in [-0.4, -0.2) is 121 Å². The minimum Gasteiger partial charge on any atom is -0.492 e. The number of amides is 5. The van der Waals surface area contributed by atoms with Crippen LogP contribution in [0.25, 0.3) is 22.6 Å². The number of fused-ring (bicyclic) bond motifs is 5. The van der Waals surface area contributed by atoms with E-state index in [-0.39, 0.29) is 86.1 Å². The molecule has 4 bridgehead atoms. The van der Waals surface area contributed by atoms with Gasteiger partial charge >= 0.3 is 0 Å². The van der Waals surface area contributed by atoms with Crippen molar-refractivity contribution in [1.29, 1.82) is 5.26 Å². The molecule has 21 heteroatoms. The van der Waals surface area contributed by atoms with E-state index in [1.807, 2.05) is 6.07 Å². The summed E-state index contributed by atoms with van der Waals surface area (Å²) in [5, 5.41) is 19.8. The Balaban J connectivity index is 1.52. The lowest BCUT2D eigenvalue weighted by molar-refractivity contribution is -0.141. The molecule has 0 saturated heterocycles. The number of likely N-dealkylation sites (N-methyl/N-ethyl adjacent to an activating group) is 1. The van der Waals surface area contributed by atoms with E-state index >= 15 is 0 Å². The highest BCUT2D eigenvalue weighted by atomic mass is 16.5. The van der Waals surface area contributed by atoms with Crippen molar-refractivity contribution in [2.45, 2.75) is 78.0 Å². The van der Waals surface area contributed by atoms with Crippen LogP contribution in [-0.2, 0) is 25.6 Å². The molecule has 0 spiro atoms. The normalized spacial score (nSPS) is 16.4. The smallest absolute Gasteiger partial charge is 0.257 e. The van der Waals surface area contributed by atoms with E-state index in [0.29, 0.717) is 46.2 Å². The third-order valence-corrected chi connectivity index (χ3v) is 11.0. The van der Waals surface area contributed by atoms with Gasteiger partial charge in [-0.15, -0.1) is 0 Å². The predicted octanol–water partition coefficient (Wildman–Crippen LogP) is 1.42. The molecule has 1 aliphatic rings. The molecular formula is C48H63N13O8. The minimum atomic E-state index is -1.45. The number of nitriles is 1. The third kappa shape index (κ3) is 13.8. The Morgan fingerprint density at radius 3 is 2.20 bits per heavy atom. The number of rotatable bonds is 18. The first-order valence-electron chi connectivity index (χ1n) is 22.6. The van der Waals surface area contributed by atoms with Gasteiger partial charge in [0.25, 0.3) is 5.91 Å². The number of hydrogen-bond donors (Lipinski definition) is 8. The van der Waals surface area contributed by atoms with E-state index in [1.165, 1.54) is 14.0 Å². The Bertz CT molecular complexity index is 2500. The molecular weight excluding hydrogens is 887 g/mol. The molecule has 368 valence electrons. The van der Waals surface area contributed by atoms with Gasteiger partial charge in [0.2, 0.25) is 23.6 Å². The number of aryl methyl sites for hydroxylation is 1. The Kier molecular flexibility index (Phi) is 18.3. The number of pyridine rings is 1. The van der Waals surface area contributed by atoms with Gasteiger partial charge in [-0.05, 0) is 86.2 Å². The molecule has 0 fully saturated rings. The molecule has 12 N–H and O–H groups in total. The van der Waals surface area contributed by atoms with Crippen LogP contribution in [0.4, 0.5) is 5.82 Å². The van der Waals surface area contributed by atoms with E-state index < -0.39 is 53.7 Å². The SMILES string of the molecule is Cc1nc(-c2ccc(OCCC(C)(C)C)cn2)nc(N)c1C(=O)NC(CCN)C(=O)N(C)C1C(=O)NC(C)C(=O)NC(C(=O)NCC#N)Cc2ccc(OCCN)c(c2)-c2cc1ccc2OCCN. The zero-order valence-electron chi connectivity index (χ0n) is 39.9. The molecule has 0 aliphatic carbocycles. The molecule has 0 saturated carbocycles. The van der Waals surface area contributed by atoms with Crippen LogP contribution in [0.3, 0.4) is 0 Å². The molecule has 2 aromatic heterocycles. The zero-order valence-corrected chi connectivity index (χ0v) is 39.9. The largest absolute Gasteiger partial charge is 0.492 e. The van der Waals surface area contributed by atoms with Gasteiger partial charge in [0.05, 0.1) is 24.6 Å². The van der Waals surface area contributed by atoms with Crippen molar-refractivity contribution in [3.8, 4) is 46.0 Å². The van der Waals surface area contributed by atoms with Crippen LogP contribution in [0.1, 0.15) is 73.8 Å². The van der Waals surface area contributed by atoms with E-state index in [0.717, 1.165) is 11.3 Å². The third-order valence-electron chi connectivity index (χ3n) is 11.0. The van der Waals surface area contributed by atoms with Crippen molar-refractivity contribution >= 4 is 35.4 Å². The van der Waals surface area contributed by atoms with Crippen molar-refractivity contribution < 1.29 is 38.2 Å². The zero-order chi connectivity index (χ0) is 50.4. The molecule has 5 amide bonds. The highest BCUT2D eigenvalue weighted by Gasteiger charge is 2.36. The van der Waals surface area contributed by atoms with Gasteiger partial charge in [0.1, 0.15) is 78.2 Å². The lowest BCUT2D eigenvalue weighted by atomic mass is 9.93. The number of nitrogens with zero attached hydrogens (tertiary/aromatic N) is 5. The summed E-state index contributed by atoms with van der Waals surface area (Å²) in [6, 6.07) is 10.2. The van der Waals surface area contributed by atoms with Crippen LogP contribution in [0, 0.1) is 23.7 Å². The quantitative estimate of drug-likeness (QED) is 0.0654. The molecule has 2 aromatic carbocycles. The number of carbonyl (C=O) groups is 5. The maximum absolute atomic E-state index is 14.7. The maximum Gasteiger partial charge on any atom is 0.257 e. The molecule has 4 aromatic rings. The summed E-state index contributed by atoms with van der Waals surface area (Å²) in [5.41, 5.74) is 26.5. The first kappa shape index (κ1) is 52.6. The molecule has 4 atom stereocenters. The maximum atomic E-state index is 14.7. The molecule has 3 heterocycles. The fraction of sp³-hybridized carbons (Fsp3) is 0.438. The fourth-order valence-electron chi connectivity index (χ4n) is 7.42. The van der Waals surface area contributed by atoms with E-state index in [1.54, 1.807) is 61.7 Å². The van der Waals surface area contributed by atoms with Crippen molar-refractivity contribution in [3.63, 3.8) is 0 Å². The summed E-state index contributed by atoms with van der Waals surface area (Å²) in [4.78, 5) is 84.9. The number of benzene rings is 2. The van der Waals surface area contributed by atoms with E-state index in [2.05, 4.69) is 57.0 Å². The molecule has 69 heavy (non-hydrogen) atoms. The average molecular weight is 950 g/mol. The summed E-state index contributed by atoms with van der Waals surface area (Å²) in [5.74, 6) is -2.32. The Morgan fingerprint density at radius 2 is 1.59 bits per heavy atom. The van der Waals surface area contributed by atoms with Gasteiger partial charge < -0.3 is 63.3 Å². The summed E-state index contributed by atoms with van der Waals surface area (Å²) in [6.07, 6.45) is 2.33. The first-order valence-corrected chi connectivity index (χ1v) is 22.6. The molecule has 5 rings (SSSR count). The predicted molar refractivity (Wildman–Crippen MR) is 257 cm³/mol. The van der Waals surface area contributed by atoms with Crippen molar-refractivity contribution in [1.82, 2.24) is 41.1 Å². The number of hydrogen-bond acceptors (Lipinski definition) is 16. The van der Waals surface area contributed by atoms with Crippen molar-refractivity contribution in [2.24, 2.45) is 22.6 Å².